The second kappa shape index (κ2) is 8.42. The summed E-state index contributed by atoms with van der Waals surface area (Å²) < 4.78 is 7.65. The van der Waals surface area contributed by atoms with Gasteiger partial charge in [0, 0.05) is 25.9 Å². The third-order valence-electron chi connectivity index (χ3n) is 4.78. The Kier molecular flexibility index (Phi) is 6.00. The maximum absolute atomic E-state index is 12.6. The maximum Gasteiger partial charge on any atom is 0.222 e. The monoisotopic (exact) mass is 358 g/mol. The highest BCUT2D eigenvalue weighted by Crippen LogP contribution is 2.24. The van der Waals surface area contributed by atoms with Gasteiger partial charge in [-0.2, -0.15) is 5.10 Å². The van der Waals surface area contributed by atoms with Crippen molar-refractivity contribution in [3.05, 3.63) is 48.0 Å². The molecule has 2 aromatic rings. The predicted molar refractivity (Wildman–Crippen MR) is 96.5 cm³/mol. The molecule has 26 heavy (non-hydrogen) atoms. The molecule has 0 bridgehead atoms. The Morgan fingerprint density at radius 3 is 2.85 bits per heavy atom. The van der Waals surface area contributed by atoms with Crippen LogP contribution in [-0.2, 0) is 22.5 Å². The van der Waals surface area contributed by atoms with E-state index in [0.717, 1.165) is 5.56 Å². The van der Waals surface area contributed by atoms with Crippen molar-refractivity contribution in [3.63, 3.8) is 0 Å². The fourth-order valence-corrected chi connectivity index (χ4v) is 3.29. The number of aromatic nitrogens is 3. The third-order valence-corrected chi connectivity index (χ3v) is 4.78. The van der Waals surface area contributed by atoms with Crippen molar-refractivity contribution < 1.29 is 14.6 Å². The topological polar surface area (TPSA) is 80.5 Å². The van der Waals surface area contributed by atoms with E-state index in [1.807, 2.05) is 11.8 Å². The summed E-state index contributed by atoms with van der Waals surface area (Å²) in [5.41, 5.74) is 1.57. The van der Waals surface area contributed by atoms with Crippen LogP contribution < -0.4 is 0 Å². The quantitative estimate of drug-likeness (QED) is 0.804. The van der Waals surface area contributed by atoms with Gasteiger partial charge in [-0.15, -0.1) is 0 Å². The summed E-state index contributed by atoms with van der Waals surface area (Å²) in [5, 5.41) is 14.0. The minimum Gasteiger partial charge on any atom is -0.393 e. The molecule has 1 aliphatic heterocycles. The predicted octanol–water partition coefficient (Wildman–Crippen LogP) is 1.20. The minimum atomic E-state index is -0.727. The first-order valence-electron chi connectivity index (χ1n) is 9.01. The molecule has 1 aromatic carbocycles. The second-order valence-electron chi connectivity index (χ2n) is 6.93. The molecule has 0 radical (unpaired) electrons. The van der Waals surface area contributed by atoms with Crippen LogP contribution in [0.5, 0.6) is 0 Å². The fourth-order valence-electron chi connectivity index (χ4n) is 3.29. The maximum atomic E-state index is 12.6. The van der Waals surface area contributed by atoms with Crippen molar-refractivity contribution in [2.45, 2.75) is 38.3 Å². The highest BCUT2D eigenvalue weighted by molar-refractivity contribution is 5.76. The number of nitrogens with zero attached hydrogens (tertiary/aromatic N) is 4. The lowest BCUT2D eigenvalue weighted by atomic mass is 9.92. The third kappa shape index (κ3) is 4.68. The van der Waals surface area contributed by atoms with Gasteiger partial charge in [0.15, 0.2) is 0 Å². The minimum absolute atomic E-state index is 0.0927. The molecule has 1 saturated heterocycles. The molecule has 140 valence electrons. The van der Waals surface area contributed by atoms with Crippen molar-refractivity contribution in [2.24, 2.45) is 0 Å². The van der Waals surface area contributed by atoms with Gasteiger partial charge in [0.1, 0.15) is 18.3 Å². The molecule has 7 heteroatoms. The van der Waals surface area contributed by atoms with E-state index in [2.05, 4.69) is 34.3 Å². The smallest absolute Gasteiger partial charge is 0.222 e. The molecular formula is C19H26N4O3. The van der Waals surface area contributed by atoms with E-state index in [4.69, 9.17) is 4.74 Å². The molecule has 0 unspecified atom stereocenters. The van der Waals surface area contributed by atoms with Gasteiger partial charge in [0.05, 0.1) is 19.8 Å². The van der Waals surface area contributed by atoms with Crippen molar-refractivity contribution >= 4 is 5.91 Å². The molecule has 3 rings (SSSR count). The SMILES string of the molecule is Cc1ccc(C[C@@]2(CO)CN(C(=O)CCCn3cncn3)CCO2)cc1. The Morgan fingerprint density at radius 2 is 2.15 bits per heavy atom. The average Bonchev–Trinajstić information content (AvgIpc) is 3.17. The van der Waals surface area contributed by atoms with Crippen LogP contribution in [0.3, 0.4) is 0 Å². The zero-order valence-corrected chi connectivity index (χ0v) is 15.2. The number of benzene rings is 1. The Morgan fingerprint density at radius 1 is 1.35 bits per heavy atom. The molecule has 2 heterocycles. The highest BCUT2D eigenvalue weighted by Gasteiger charge is 2.37. The van der Waals surface area contributed by atoms with Crippen LogP contribution in [0.1, 0.15) is 24.0 Å². The number of ether oxygens (including phenoxy) is 1. The standard InChI is InChI=1S/C19H26N4O3/c1-16-4-6-17(7-5-16)11-19(13-24)12-22(9-10-26-19)18(25)3-2-8-23-15-20-14-21-23/h4-7,14-15,24H,2-3,8-13H2,1H3/t19-/m0/s1. The van der Waals surface area contributed by atoms with Crippen molar-refractivity contribution in [2.75, 3.05) is 26.3 Å². The molecule has 1 atom stereocenters. The van der Waals surface area contributed by atoms with Gasteiger partial charge in [-0.3, -0.25) is 9.48 Å². The van der Waals surface area contributed by atoms with Gasteiger partial charge in [0.25, 0.3) is 0 Å². The van der Waals surface area contributed by atoms with E-state index >= 15 is 0 Å². The van der Waals surface area contributed by atoms with Crippen LogP contribution in [0.2, 0.25) is 0 Å². The van der Waals surface area contributed by atoms with Crippen LogP contribution in [0.15, 0.2) is 36.9 Å². The number of rotatable bonds is 7. The van der Waals surface area contributed by atoms with E-state index in [1.165, 1.54) is 11.9 Å². The number of aryl methyl sites for hydroxylation is 2. The number of morpholine rings is 1. The van der Waals surface area contributed by atoms with E-state index in [9.17, 15) is 9.90 Å². The molecule has 1 fully saturated rings. The summed E-state index contributed by atoms with van der Waals surface area (Å²) in [5.74, 6) is 0.0927. The molecule has 0 aliphatic carbocycles. The lowest BCUT2D eigenvalue weighted by molar-refractivity contribution is -0.158. The van der Waals surface area contributed by atoms with Crippen LogP contribution in [0, 0.1) is 6.92 Å². The summed E-state index contributed by atoms with van der Waals surface area (Å²) in [4.78, 5) is 18.3. The fraction of sp³-hybridized carbons (Fsp3) is 0.526. The molecule has 1 aromatic heterocycles. The van der Waals surface area contributed by atoms with Crippen molar-refractivity contribution in [1.29, 1.82) is 0 Å². The highest BCUT2D eigenvalue weighted by atomic mass is 16.5. The molecule has 1 aliphatic rings. The molecular weight excluding hydrogens is 332 g/mol. The molecule has 0 saturated carbocycles. The first-order valence-corrected chi connectivity index (χ1v) is 9.01. The summed E-state index contributed by atoms with van der Waals surface area (Å²) in [6.07, 6.45) is 4.89. The number of hydrogen-bond donors (Lipinski definition) is 1. The van der Waals surface area contributed by atoms with Gasteiger partial charge >= 0.3 is 0 Å². The van der Waals surface area contributed by atoms with E-state index < -0.39 is 5.60 Å². The van der Waals surface area contributed by atoms with Gasteiger partial charge in [0.2, 0.25) is 5.91 Å². The van der Waals surface area contributed by atoms with Crippen LogP contribution in [-0.4, -0.2) is 62.6 Å². The zero-order chi connectivity index (χ0) is 18.4. The number of aliphatic hydroxyl groups is 1. The Hall–Kier alpha value is -2.25. The summed E-state index contributed by atoms with van der Waals surface area (Å²) in [6, 6.07) is 8.20. The van der Waals surface area contributed by atoms with E-state index in [1.54, 1.807) is 11.0 Å². The first-order chi connectivity index (χ1) is 12.6. The molecule has 1 amide bonds. The largest absolute Gasteiger partial charge is 0.393 e. The average molecular weight is 358 g/mol. The van der Waals surface area contributed by atoms with Crippen molar-refractivity contribution in [3.8, 4) is 0 Å². The number of carbonyl (C=O) groups excluding carboxylic acids is 1. The summed E-state index contributed by atoms with van der Waals surface area (Å²) in [6.45, 7) is 4.04. The van der Waals surface area contributed by atoms with Crippen LogP contribution in [0.4, 0.5) is 0 Å². The van der Waals surface area contributed by atoms with Gasteiger partial charge in [-0.1, -0.05) is 29.8 Å². The molecule has 7 nitrogen and oxygen atoms in total. The van der Waals surface area contributed by atoms with Gasteiger partial charge < -0.3 is 14.7 Å². The first kappa shape index (κ1) is 18.5. The van der Waals surface area contributed by atoms with Crippen molar-refractivity contribution in [1.82, 2.24) is 19.7 Å². The lowest BCUT2D eigenvalue weighted by Crippen LogP contribution is -2.56. The molecule has 1 N–H and O–H groups in total. The van der Waals surface area contributed by atoms with Crippen LogP contribution in [0.25, 0.3) is 0 Å². The Bertz CT molecular complexity index is 702. The Balaban J connectivity index is 1.57. The zero-order valence-electron chi connectivity index (χ0n) is 15.2. The lowest BCUT2D eigenvalue weighted by Gasteiger charge is -2.42. The van der Waals surface area contributed by atoms with Gasteiger partial charge in [-0.05, 0) is 18.9 Å². The number of hydrogen-bond acceptors (Lipinski definition) is 5. The molecule has 0 spiro atoms. The van der Waals surface area contributed by atoms with E-state index in [-0.39, 0.29) is 12.5 Å². The summed E-state index contributed by atoms with van der Waals surface area (Å²) in [7, 11) is 0. The van der Waals surface area contributed by atoms with Gasteiger partial charge in [-0.25, -0.2) is 4.98 Å². The summed E-state index contributed by atoms with van der Waals surface area (Å²) >= 11 is 0. The number of amides is 1. The number of aliphatic hydroxyl groups excluding tert-OH is 1. The normalized spacial score (nSPS) is 20.3. The Labute approximate surface area is 153 Å². The second-order valence-corrected chi connectivity index (χ2v) is 6.93. The van der Waals surface area contributed by atoms with Crippen LogP contribution >= 0.6 is 0 Å². The van der Waals surface area contributed by atoms with E-state index in [0.29, 0.717) is 45.5 Å². The number of carbonyl (C=O) groups is 1.